The number of pyridine rings is 1. The van der Waals surface area contributed by atoms with Crippen molar-refractivity contribution < 1.29 is 24.1 Å². The van der Waals surface area contributed by atoms with Gasteiger partial charge in [0.2, 0.25) is 0 Å². The summed E-state index contributed by atoms with van der Waals surface area (Å²) >= 11 is -1.08. The summed E-state index contributed by atoms with van der Waals surface area (Å²) < 4.78 is 11.5. The van der Waals surface area contributed by atoms with E-state index in [0.29, 0.717) is 67.9 Å². The number of benzene rings is 1. The Morgan fingerprint density at radius 3 is 2.17 bits per heavy atom. The van der Waals surface area contributed by atoms with Crippen LogP contribution in [0.25, 0.3) is 0 Å². The van der Waals surface area contributed by atoms with E-state index < -0.39 is 11.2 Å². The molecule has 4 rings (SSSR count). The lowest BCUT2D eigenvalue weighted by molar-refractivity contribution is -0.107. The third-order valence-corrected chi connectivity index (χ3v) is 7.61. The number of hydrogen-bond acceptors (Lipinski definition) is 7. The van der Waals surface area contributed by atoms with Crippen LogP contribution in [0.1, 0.15) is 56.9 Å². The smallest absolute Gasteiger partial charge is 0.270 e. The zero-order valence-electron chi connectivity index (χ0n) is 19.7. The molecule has 1 atom stereocenters. The molecule has 2 aliphatic rings. The summed E-state index contributed by atoms with van der Waals surface area (Å²) in [5.74, 6) is -0.565. The van der Waals surface area contributed by atoms with Gasteiger partial charge in [0.05, 0.1) is 5.56 Å². The zero-order valence-corrected chi connectivity index (χ0v) is 20.5. The van der Waals surface area contributed by atoms with Gasteiger partial charge >= 0.3 is 0 Å². The van der Waals surface area contributed by atoms with Gasteiger partial charge in [-0.1, -0.05) is 0 Å². The van der Waals surface area contributed by atoms with E-state index >= 15 is 0 Å². The summed E-state index contributed by atoms with van der Waals surface area (Å²) in [6.45, 7) is 1.97. The first-order chi connectivity index (χ1) is 16.8. The maximum atomic E-state index is 12.9. The molecule has 0 aliphatic carbocycles. The minimum Gasteiger partial charge on any atom is -0.612 e. The first kappa shape index (κ1) is 25.3. The summed E-state index contributed by atoms with van der Waals surface area (Å²) in [5.41, 5.74) is 1.25. The Hall–Kier alpha value is -2.79. The highest BCUT2D eigenvalue weighted by molar-refractivity contribution is 7.90. The summed E-state index contributed by atoms with van der Waals surface area (Å²) in [6.07, 6.45) is 5.51. The van der Waals surface area contributed by atoms with Crippen LogP contribution in [0.4, 0.5) is 0 Å². The van der Waals surface area contributed by atoms with E-state index in [-0.39, 0.29) is 35.3 Å². The normalized spacial score (nSPS) is 18.8. The third-order valence-electron chi connectivity index (χ3n) is 6.67. The van der Waals surface area contributed by atoms with Crippen molar-refractivity contribution in [1.82, 2.24) is 20.3 Å². The van der Waals surface area contributed by atoms with Crippen LogP contribution in [-0.4, -0.2) is 80.8 Å². The molecular formula is C25H30N4O5S. The molecule has 0 bridgehead atoms. The molecule has 0 radical (unpaired) electrons. The average molecular weight is 499 g/mol. The number of carbonyl (C=O) groups excluding carboxylic acids is 3. The Kier molecular flexibility index (Phi) is 8.17. The second-order valence-corrected chi connectivity index (χ2v) is 10.4. The number of carbonyl (C=O) groups is 3. The average Bonchev–Trinajstić information content (AvgIpc) is 2.89. The molecule has 35 heavy (non-hydrogen) atoms. The van der Waals surface area contributed by atoms with Gasteiger partial charge in [-0.05, 0) is 73.3 Å². The lowest BCUT2D eigenvalue weighted by atomic mass is 9.88. The van der Waals surface area contributed by atoms with Crippen molar-refractivity contribution in [3.63, 3.8) is 0 Å². The quantitative estimate of drug-likeness (QED) is 0.462. The highest BCUT2D eigenvalue weighted by Gasteiger charge is 2.29. The summed E-state index contributed by atoms with van der Waals surface area (Å²) in [6, 6.07) is 10.0. The molecule has 10 heteroatoms. The van der Waals surface area contributed by atoms with Crippen molar-refractivity contribution in [2.24, 2.45) is 5.92 Å². The summed E-state index contributed by atoms with van der Waals surface area (Å²) in [5, 5.41) is 13.6. The van der Waals surface area contributed by atoms with E-state index in [4.69, 9.17) is 0 Å². The largest absolute Gasteiger partial charge is 0.612 e. The van der Waals surface area contributed by atoms with Gasteiger partial charge in [0.25, 0.3) is 11.8 Å². The minimum atomic E-state index is -1.08. The first-order valence-corrected chi connectivity index (χ1v) is 13.4. The number of hydrogen-bond donors (Lipinski definition) is 2. The number of hydroxylamine groups is 2. The van der Waals surface area contributed by atoms with E-state index in [0.717, 1.165) is 0 Å². The Balaban J connectivity index is 1.28. The summed E-state index contributed by atoms with van der Waals surface area (Å²) in [4.78, 5) is 44.8. The molecule has 0 spiro atoms. The molecule has 1 aromatic carbocycles. The molecule has 9 nitrogen and oxygen atoms in total. The topological polar surface area (TPSA) is 126 Å². The van der Waals surface area contributed by atoms with Crippen LogP contribution < -0.4 is 5.32 Å². The fourth-order valence-corrected chi connectivity index (χ4v) is 5.02. The number of nitrogens with one attached hydrogen (secondary N) is 1. The number of ketones is 1. The first-order valence-electron chi connectivity index (χ1n) is 11.8. The maximum absolute atomic E-state index is 12.9. The zero-order chi connectivity index (χ0) is 24.9. The van der Waals surface area contributed by atoms with Gasteiger partial charge in [0.1, 0.15) is 11.9 Å². The highest BCUT2D eigenvalue weighted by atomic mass is 32.2. The summed E-state index contributed by atoms with van der Waals surface area (Å²) in [7, 11) is 0. The van der Waals surface area contributed by atoms with Gasteiger partial charge in [-0.2, -0.15) is 5.06 Å². The molecule has 1 aromatic heterocycles. The number of rotatable bonds is 6. The molecule has 2 aromatic rings. The molecule has 2 fully saturated rings. The molecule has 1 unspecified atom stereocenters. The number of amides is 2. The molecular weight excluding hydrogens is 468 g/mol. The van der Waals surface area contributed by atoms with Crippen molar-refractivity contribution in [3.8, 4) is 0 Å². The predicted molar refractivity (Wildman–Crippen MR) is 130 cm³/mol. The molecule has 2 amide bonds. The van der Waals surface area contributed by atoms with Crippen molar-refractivity contribution >= 4 is 28.8 Å². The van der Waals surface area contributed by atoms with Gasteiger partial charge in [0, 0.05) is 49.9 Å². The predicted octanol–water partition coefficient (Wildman–Crippen LogP) is 2.14. The van der Waals surface area contributed by atoms with Crippen LogP contribution in [0.2, 0.25) is 0 Å². The van der Waals surface area contributed by atoms with Crippen molar-refractivity contribution in [2.45, 2.75) is 36.6 Å². The van der Waals surface area contributed by atoms with E-state index in [1.165, 1.54) is 11.3 Å². The molecule has 0 saturated carbocycles. The van der Waals surface area contributed by atoms with Gasteiger partial charge in [0.15, 0.2) is 10.7 Å². The minimum absolute atomic E-state index is 0.00781. The Labute approximate surface area is 207 Å². The lowest BCUT2D eigenvalue weighted by Crippen LogP contribution is -2.43. The van der Waals surface area contributed by atoms with Gasteiger partial charge in [-0.25, -0.2) is 0 Å². The Morgan fingerprint density at radius 2 is 1.60 bits per heavy atom. The standard InChI is InChI=1S/C25H30N4O5S/c1-35(34)21-5-2-17(3-6-21)23(30)18-8-12-28(13-9-18)25(32)19-4-7-22(26-16-19)24(31)27-20-10-14-29(33)15-11-20/h2-7,16,18,20,33H,8-15H2,1H3,(H,27,31). The van der Waals surface area contributed by atoms with E-state index in [1.807, 2.05) is 0 Å². The van der Waals surface area contributed by atoms with Crippen LogP contribution in [0, 0.1) is 5.92 Å². The Bertz CT molecular complexity index is 1040. The SMILES string of the molecule is C[S+]([O-])c1ccc(C(=O)C2CCN(C(=O)c3ccc(C(=O)NC4CCN(O)CC4)nc3)CC2)cc1. The number of aromatic nitrogens is 1. The molecule has 186 valence electrons. The van der Waals surface area contributed by atoms with Crippen molar-refractivity contribution in [1.29, 1.82) is 0 Å². The second kappa shape index (κ2) is 11.3. The number of piperidine rings is 2. The molecule has 3 heterocycles. The monoisotopic (exact) mass is 498 g/mol. The van der Waals surface area contributed by atoms with Crippen LogP contribution in [0.3, 0.4) is 0 Å². The number of likely N-dealkylation sites (tertiary alicyclic amines) is 1. The third kappa shape index (κ3) is 6.26. The number of nitrogens with zero attached hydrogens (tertiary/aromatic N) is 3. The molecule has 2 saturated heterocycles. The highest BCUT2D eigenvalue weighted by Crippen LogP contribution is 2.24. The molecule has 2 aliphatic heterocycles. The fourth-order valence-electron chi connectivity index (χ4n) is 4.50. The van der Waals surface area contributed by atoms with Gasteiger partial charge in [-0.15, -0.1) is 0 Å². The van der Waals surface area contributed by atoms with Crippen molar-refractivity contribution in [2.75, 3.05) is 32.4 Å². The van der Waals surface area contributed by atoms with E-state index in [1.54, 1.807) is 47.6 Å². The van der Waals surface area contributed by atoms with E-state index in [2.05, 4.69) is 10.3 Å². The van der Waals surface area contributed by atoms with Crippen LogP contribution in [0.5, 0.6) is 0 Å². The second-order valence-electron chi connectivity index (χ2n) is 9.04. The molecule has 2 N–H and O–H groups in total. The Morgan fingerprint density at radius 1 is 0.971 bits per heavy atom. The van der Waals surface area contributed by atoms with Gasteiger partial charge < -0.3 is 20.0 Å². The lowest BCUT2D eigenvalue weighted by Gasteiger charge is -2.31. The number of Topliss-reactive ketones (excluding diaryl/α,β-unsaturated/α-hetero) is 1. The van der Waals surface area contributed by atoms with Crippen molar-refractivity contribution in [3.05, 3.63) is 59.4 Å². The fraction of sp³-hybridized carbons (Fsp3) is 0.440. The van der Waals surface area contributed by atoms with Crippen LogP contribution in [0.15, 0.2) is 47.5 Å². The van der Waals surface area contributed by atoms with E-state index in [9.17, 15) is 24.1 Å². The van der Waals surface area contributed by atoms with Gasteiger partial charge in [-0.3, -0.25) is 19.4 Å². The van der Waals surface area contributed by atoms with Crippen LogP contribution in [-0.2, 0) is 11.2 Å². The van der Waals surface area contributed by atoms with Crippen LogP contribution >= 0.6 is 0 Å². The maximum Gasteiger partial charge on any atom is 0.270 e.